The third-order valence-electron chi connectivity index (χ3n) is 4.93. The Labute approximate surface area is 180 Å². The van der Waals surface area contributed by atoms with Crippen LogP contribution in [0.15, 0.2) is 52.3 Å². The summed E-state index contributed by atoms with van der Waals surface area (Å²) in [7, 11) is 3.14. The predicted molar refractivity (Wildman–Crippen MR) is 119 cm³/mol. The van der Waals surface area contributed by atoms with E-state index in [0.717, 1.165) is 15.8 Å². The largest absolute Gasteiger partial charge is 0.384 e. The standard InChI is InChI=1S/C22H28N6O3/c1-15(2)11-27-20(23)19(21(30)26(4)22(27)31)18(29)14-25(3)12-16-10-24-28(13-16)17-8-6-5-7-9-17/h5-10,13,15H,11-12,14,23H2,1-4H3. The molecule has 0 aliphatic rings. The third-order valence-corrected chi connectivity index (χ3v) is 4.93. The smallest absolute Gasteiger partial charge is 0.332 e. The summed E-state index contributed by atoms with van der Waals surface area (Å²) in [4.78, 5) is 39.8. The number of anilines is 1. The van der Waals surface area contributed by atoms with Crippen molar-refractivity contribution < 1.29 is 4.79 Å². The van der Waals surface area contributed by atoms with E-state index in [1.807, 2.05) is 50.4 Å². The molecule has 3 rings (SSSR count). The normalized spacial score (nSPS) is 11.4. The van der Waals surface area contributed by atoms with Crippen LogP contribution in [0.4, 0.5) is 5.82 Å². The fraction of sp³-hybridized carbons (Fsp3) is 0.364. The van der Waals surface area contributed by atoms with E-state index < -0.39 is 17.0 Å². The molecule has 9 nitrogen and oxygen atoms in total. The first kappa shape index (κ1) is 22.2. The van der Waals surface area contributed by atoms with Crippen LogP contribution in [0.2, 0.25) is 0 Å². The van der Waals surface area contributed by atoms with Crippen LogP contribution in [0.3, 0.4) is 0 Å². The second-order valence-electron chi connectivity index (χ2n) is 8.14. The van der Waals surface area contributed by atoms with Gasteiger partial charge in [0.05, 0.1) is 18.4 Å². The first-order chi connectivity index (χ1) is 14.7. The Balaban J connectivity index is 1.79. The van der Waals surface area contributed by atoms with Gasteiger partial charge in [0.2, 0.25) is 0 Å². The van der Waals surface area contributed by atoms with Gasteiger partial charge >= 0.3 is 5.69 Å². The van der Waals surface area contributed by atoms with Crippen molar-refractivity contribution in [2.45, 2.75) is 26.9 Å². The molecular formula is C22H28N6O3. The Hall–Kier alpha value is -3.46. The molecule has 0 amide bonds. The molecule has 0 radical (unpaired) electrons. The van der Waals surface area contributed by atoms with Crippen LogP contribution in [0.5, 0.6) is 0 Å². The monoisotopic (exact) mass is 424 g/mol. The lowest BCUT2D eigenvalue weighted by atomic mass is 10.1. The summed E-state index contributed by atoms with van der Waals surface area (Å²) >= 11 is 0. The van der Waals surface area contributed by atoms with E-state index in [4.69, 9.17) is 5.73 Å². The van der Waals surface area contributed by atoms with Crippen LogP contribution in [-0.2, 0) is 20.1 Å². The number of carbonyl (C=O) groups excluding carboxylic acids is 1. The molecule has 164 valence electrons. The zero-order valence-electron chi connectivity index (χ0n) is 18.3. The minimum Gasteiger partial charge on any atom is -0.384 e. The Morgan fingerprint density at radius 2 is 1.87 bits per heavy atom. The molecule has 9 heteroatoms. The summed E-state index contributed by atoms with van der Waals surface area (Å²) in [5.74, 6) is -0.366. The average Bonchev–Trinajstić information content (AvgIpc) is 3.18. The van der Waals surface area contributed by atoms with Crippen LogP contribution >= 0.6 is 0 Å². The van der Waals surface area contributed by atoms with Crippen molar-refractivity contribution in [3.8, 4) is 5.69 Å². The Morgan fingerprint density at radius 1 is 1.19 bits per heavy atom. The van der Waals surface area contributed by atoms with Crippen LogP contribution < -0.4 is 17.0 Å². The molecule has 2 N–H and O–H groups in total. The summed E-state index contributed by atoms with van der Waals surface area (Å²) < 4.78 is 4.00. The second kappa shape index (κ2) is 9.13. The quantitative estimate of drug-likeness (QED) is 0.546. The summed E-state index contributed by atoms with van der Waals surface area (Å²) in [5.41, 5.74) is 6.63. The molecule has 2 aromatic heterocycles. The summed E-state index contributed by atoms with van der Waals surface area (Å²) in [6, 6.07) is 9.72. The molecular weight excluding hydrogens is 396 g/mol. The van der Waals surface area contributed by atoms with Crippen molar-refractivity contribution >= 4 is 11.6 Å². The van der Waals surface area contributed by atoms with Crippen molar-refractivity contribution in [2.75, 3.05) is 19.3 Å². The van der Waals surface area contributed by atoms with Crippen molar-refractivity contribution in [3.63, 3.8) is 0 Å². The molecule has 2 heterocycles. The number of aromatic nitrogens is 4. The highest BCUT2D eigenvalue weighted by Crippen LogP contribution is 2.12. The molecule has 3 aromatic rings. The number of rotatable bonds is 8. The van der Waals surface area contributed by atoms with Gasteiger partial charge in [0.15, 0.2) is 5.78 Å². The lowest BCUT2D eigenvalue weighted by Gasteiger charge is -2.18. The maximum Gasteiger partial charge on any atom is 0.332 e. The lowest BCUT2D eigenvalue weighted by molar-refractivity contribution is 0.0941. The number of para-hydroxylation sites is 1. The van der Waals surface area contributed by atoms with Gasteiger partial charge in [-0.15, -0.1) is 0 Å². The van der Waals surface area contributed by atoms with E-state index in [1.165, 1.54) is 11.6 Å². The minimum absolute atomic E-state index is 0.0180. The van der Waals surface area contributed by atoms with Gasteiger partial charge in [0.1, 0.15) is 11.4 Å². The van der Waals surface area contributed by atoms with Crippen LogP contribution in [0.25, 0.3) is 5.69 Å². The summed E-state index contributed by atoms with van der Waals surface area (Å²) in [5, 5.41) is 4.36. The van der Waals surface area contributed by atoms with Gasteiger partial charge in [-0.3, -0.25) is 23.6 Å². The lowest BCUT2D eigenvalue weighted by Crippen LogP contribution is -2.44. The number of likely N-dealkylation sites (N-methyl/N-ethyl adjacent to an activating group) is 1. The fourth-order valence-electron chi connectivity index (χ4n) is 3.44. The first-order valence-corrected chi connectivity index (χ1v) is 10.1. The van der Waals surface area contributed by atoms with E-state index in [2.05, 4.69) is 5.10 Å². The number of nitrogens with two attached hydrogens (primary N) is 1. The molecule has 0 spiro atoms. The van der Waals surface area contributed by atoms with Gasteiger partial charge in [0, 0.05) is 31.9 Å². The zero-order valence-corrected chi connectivity index (χ0v) is 18.3. The second-order valence-corrected chi connectivity index (χ2v) is 8.14. The van der Waals surface area contributed by atoms with E-state index in [9.17, 15) is 14.4 Å². The molecule has 0 saturated heterocycles. The van der Waals surface area contributed by atoms with Crippen LogP contribution in [0.1, 0.15) is 29.8 Å². The molecule has 1 aromatic carbocycles. The number of ketones is 1. The third kappa shape index (κ3) is 4.83. The number of hydrogen-bond donors (Lipinski definition) is 1. The molecule has 0 unspecified atom stereocenters. The van der Waals surface area contributed by atoms with Gasteiger partial charge < -0.3 is 5.73 Å². The Kier molecular flexibility index (Phi) is 6.55. The van der Waals surface area contributed by atoms with Crippen LogP contribution in [-0.4, -0.2) is 43.2 Å². The molecule has 0 bridgehead atoms. The summed E-state index contributed by atoms with van der Waals surface area (Å²) in [6.07, 6.45) is 3.64. The molecule has 0 saturated carbocycles. The van der Waals surface area contributed by atoms with Gasteiger partial charge in [-0.2, -0.15) is 5.10 Å². The highest BCUT2D eigenvalue weighted by atomic mass is 16.2. The zero-order chi connectivity index (χ0) is 22.7. The van der Waals surface area contributed by atoms with Crippen molar-refractivity contribution in [2.24, 2.45) is 13.0 Å². The van der Waals surface area contributed by atoms with Gasteiger partial charge in [-0.1, -0.05) is 32.0 Å². The number of nitrogens with zero attached hydrogens (tertiary/aromatic N) is 5. The van der Waals surface area contributed by atoms with E-state index >= 15 is 0 Å². The van der Waals surface area contributed by atoms with E-state index in [-0.39, 0.29) is 23.8 Å². The molecule has 0 aliphatic heterocycles. The molecule has 0 atom stereocenters. The molecule has 0 aliphatic carbocycles. The number of benzene rings is 1. The maximum absolute atomic E-state index is 12.9. The molecule has 0 fully saturated rings. The maximum atomic E-state index is 12.9. The first-order valence-electron chi connectivity index (χ1n) is 10.1. The van der Waals surface area contributed by atoms with Crippen molar-refractivity contribution in [1.82, 2.24) is 23.8 Å². The number of nitrogen functional groups attached to an aromatic ring is 1. The van der Waals surface area contributed by atoms with Crippen molar-refractivity contribution in [3.05, 3.63) is 74.7 Å². The number of Topliss-reactive ketones (excluding diaryl/α,β-unsaturated/α-hetero) is 1. The Bertz CT molecular complexity index is 1190. The molecule has 31 heavy (non-hydrogen) atoms. The average molecular weight is 425 g/mol. The van der Waals surface area contributed by atoms with E-state index in [1.54, 1.807) is 22.8 Å². The van der Waals surface area contributed by atoms with Gasteiger partial charge in [-0.05, 0) is 25.1 Å². The number of carbonyl (C=O) groups is 1. The highest BCUT2D eigenvalue weighted by molar-refractivity contribution is 6.01. The highest BCUT2D eigenvalue weighted by Gasteiger charge is 2.23. The minimum atomic E-state index is -0.669. The van der Waals surface area contributed by atoms with E-state index in [0.29, 0.717) is 13.1 Å². The number of hydrogen-bond acceptors (Lipinski definition) is 6. The predicted octanol–water partition coefficient (Wildman–Crippen LogP) is 1.29. The SMILES string of the molecule is CC(C)Cn1c(N)c(C(=O)CN(C)Cc2cnn(-c3ccccc3)c2)c(=O)n(C)c1=O. The van der Waals surface area contributed by atoms with Gasteiger partial charge in [0.25, 0.3) is 5.56 Å². The van der Waals surface area contributed by atoms with Crippen LogP contribution in [0, 0.1) is 5.92 Å². The van der Waals surface area contributed by atoms with Crippen molar-refractivity contribution in [1.29, 1.82) is 0 Å². The topological polar surface area (TPSA) is 108 Å². The summed E-state index contributed by atoms with van der Waals surface area (Å²) in [6.45, 7) is 4.64. The fourth-order valence-corrected chi connectivity index (χ4v) is 3.44. The Morgan fingerprint density at radius 3 is 2.52 bits per heavy atom. The van der Waals surface area contributed by atoms with Gasteiger partial charge in [-0.25, -0.2) is 9.48 Å².